The highest BCUT2D eigenvalue weighted by Crippen LogP contribution is 2.33. The summed E-state index contributed by atoms with van der Waals surface area (Å²) in [6.45, 7) is 6.93. The van der Waals surface area contributed by atoms with E-state index in [9.17, 15) is 0 Å². The minimum atomic E-state index is 0. The van der Waals surface area contributed by atoms with E-state index in [1.54, 1.807) is 0 Å². The molecule has 126 valence electrons. The Kier molecular flexibility index (Phi) is 6.72. The second kappa shape index (κ2) is 8.32. The number of piperazine rings is 1. The Labute approximate surface area is 141 Å². The zero-order valence-electron chi connectivity index (χ0n) is 14.0. The van der Waals surface area contributed by atoms with E-state index in [0.29, 0.717) is 6.04 Å². The van der Waals surface area contributed by atoms with E-state index in [0.717, 1.165) is 31.5 Å². The third-order valence-electron chi connectivity index (χ3n) is 5.47. The Balaban J connectivity index is 0.00000176. The van der Waals surface area contributed by atoms with Crippen molar-refractivity contribution in [3.05, 3.63) is 18.2 Å². The molecule has 0 bridgehead atoms. The molecule has 1 aromatic rings. The SMILES string of the molecule is CCC1CCCC(CN2CCNCC2c2nccn2C)C1.Cl. The van der Waals surface area contributed by atoms with Gasteiger partial charge in [-0.05, 0) is 24.7 Å². The van der Waals surface area contributed by atoms with Crippen LogP contribution in [0.3, 0.4) is 0 Å². The van der Waals surface area contributed by atoms with Gasteiger partial charge in [0, 0.05) is 45.6 Å². The second-order valence-corrected chi connectivity index (χ2v) is 6.92. The van der Waals surface area contributed by atoms with Crippen molar-refractivity contribution < 1.29 is 0 Å². The molecule has 1 saturated carbocycles. The average molecular weight is 327 g/mol. The smallest absolute Gasteiger partial charge is 0.127 e. The molecule has 1 aromatic heterocycles. The molecular weight excluding hydrogens is 296 g/mol. The zero-order valence-corrected chi connectivity index (χ0v) is 14.8. The molecule has 2 aliphatic rings. The molecule has 1 N–H and O–H groups in total. The van der Waals surface area contributed by atoms with E-state index in [2.05, 4.69) is 39.9 Å². The van der Waals surface area contributed by atoms with Crippen molar-refractivity contribution in [2.24, 2.45) is 18.9 Å². The Hall–Kier alpha value is -0.580. The minimum absolute atomic E-state index is 0. The van der Waals surface area contributed by atoms with Crippen LogP contribution in [0.5, 0.6) is 0 Å². The third-order valence-corrected chi connectivity index (χ3v) is 5.47. The highest BCUT2D eigenvalue weighted by atomic mass is 35.5. The van der Waals surface area contributed by atoms with Crippen LogP contribution in [0.15, 0.2) is 12.4 Å². The van der Waals surface area contributed by atoms with Crippen LogP contribution in [0.2, 0.25) is 0 Å². The van der Waals surface area contributed by atoms with Gasteiger partial charge in [0.05, 0.1) is 6.04 Å². The van der Waals surface area contributed by atoms with Crippen molar-refractivity contribution in [1.29, 1.82) is 0 Å². The predicted octanol–water partition coefficient (Wildman–Crippen LogP) is 3.00. The molecule has 0 aromatic carbocycles. The number of hydrogen-bond donors (Lipinski definition) is 1. The van der Waals surface area contributed by atoms with Gasteiger partial charge in [-0.2, -0.15) is 0 Å². The van der Waals surface area contributed by atoms with Crippen molar-refractivity contribution >= 4 is 12.4 Å². The van der Waals surface area contributed by atoms with Crippen molar-refractivity contribution in [2.45, 2.75) is 45.1 Å². The quantitative estimate of drug-likeness (QED) is 0.923. The molecule has 2 fully saturated rings. The van der Waals surface area contributed by atoms with E-state index >= 15 is 0 Å². The summed E-state index contributed by atoms with van der Waals surface area (Å²) >= 11 is 0. The van der Waals surface area contributed by atoms with Crippen LogP contribution >= 0.6 is 12.4 Å². The maximum Gasteiger partial charge on any atom is 0.127 e. The third kappa shape index (κ3) is 4.03. The highest BCUT2D eigenvalue weighted by molar-refractivity contribution is 5.85. The van der Waals surface area contributed by atoms with Gasteiger partial charge < -0.3 is 9.88 Å². The summed E-state index contributed by atoms with van der Waals surface area (Å²) in [5, 5.41) is 3.54. The maximum absolute atomic E-state index is 4.60. The minimum Gasteiger partial charge on any atom is -0.337 e. The standard InChI is InChI=1S/C17H30N4.ClH/c1-3-14-5-4-6-15(11-14)13-21-10-7-18-12-16(21)17-19-8-9-20(17)2;/h8-9,14-16,18H,3-7,10-13H2,1-2H3;1H. The van der Waals surface area contributed by atoms with Crippen LogP contribution in [-0.4, -0.2) is 40.6 Å². The van der Waals surface area contributed by atoms with E-state index in [1.165, 1.54) is 44.5 Å². The number of halogens is 1. The Morgan fingerprint density at radius 1 is 1.32 bits per heavy atom. The Morgan fingerprint density at radius 3 is 2.86 bits per heavy atom. The zero-order chi connectivity index (χ0) is 14.7. The first-order valence-corrected chi connectivity index (χ1v) is 8.70. The van der Waals surface area contributed by atoms with Crippen molar-refractivity contribution in [3.63, 3.8) is 0 Å². The lowest BCUT2D eigenvalue weighted by molar-refractivity contribution is 0.106. The summed E-state index contributed by atoms with van der Waals surface area (Å²) in [5.74, 6) is 3.08. The molecule has 1 aliphatic carbocycles. The molecule has 0 spiro atoms. The van der Waals surface area contributed by atoms with E-state index < -0.39 is 0 Å². The number of nitrogens with zero attached hydrogens (tertiary/aromatic N) is 3. The summed E-state index contributed by atoms with van der Waals surface area (Å²) in [6.07, 6.45) is 11.1. The van der Waals surface area contributed by atoms with Gasteiger partial charge >= 0.3 is 0 Å². The molecule has 4 nitrogen and oxygen atoms in total. The first-order chi connectivity index (χ1) is 10.3. The van der Waals surface area contributed by atoms with Crippen LogP contribution in [0, 0.1) is 11.8 Å². The van der Waals surface area contributed by atoms with E-state index in [1.807, 2.05) is 6.20 Å². The summed E-state index contributed by atoms with van der Waals surface area (Å²) in [7, 11) is 2.11. The highest BCUT2D eigenvalue weighted by Gasteiger charge is 2.30. The maximum atomic E-state index is 4.60. The number of nitrogens with one attached hydrogen (secondary N) is 1. The Bertz CT molecular complexity index is 448. The van der Waals surface area contributed by atoms with E-state index in [-0.39, 0.29) is 12.4 Å². The molecule has 1 saturated heterocycles. The van der Waals surface area contributed by atoms with Crippen molar-refractivity contribution in [3.8, 4) is 0 Å². The summed E-state index contributed by atoms with van der Waals surface area (Å²) < 4.78 is 2.18. The first kappa shape index (κ1) is 17.8. The number of imidazole rings is 1. The molecule has 2 heterocycles. The summed E-state index contributed by atoms with van der Waals surface area (Å²) in [6, 6.07) is 0.445. The van der Waals surface area contributed by atoms with Gasteiger partial charge in [0.15, 0.2) is 0 Å². The van der Waals surface area contributed by atoms with Gasteiger partial charge in [0.25, 0.3) is 0 Å². The molecule has 3 rings (SSSR count). The van der Waals surface area contributed by atoms with Crippen LogP contribution in [0.1, 0.15) is 50.9 Å². The van der Waals surface area contributed by atoms with Gasteiger partial charge in [0.1, 0.15) is 5.82 Å². The number of aromatic nitrogens is 2. The topological polar surface area (TPSA) is 33.1 Å². The second-order valence-electron chi connectivity index (χ2n) is 6.92. The molecular formula is C17H31ClN4. The fourth-order valence-corrected chi connectivity index (χ4v) is 4.19. The van der Waals surface area contributed by atoms with E-state index in [4.69, 9.17) is 0 Å². The van der Waals surface area contributed by atoms with Crippen molar-refractivity contribution in [1.82, 2.24) is 19.8 Å². The number of aryl methyl sites for hydroxylation is 1. The van der Waals surface area contributed by atoms with Crippen LogP contribution in [0.25, 0.3) is 0 Å². The lowest BCUT2D eigenvalue weighted by atomic mass is 9.80. The summed E-state index contributed by atoms with van der Waals surface area (Å²) in [4.78, 5) is 7.28. The van der Waals surface area contributed by atoms with Gasteiger partial charge in [-0.1, -0.05) is 26.2 Å². The predicted molar refractivity (Wildman–Crippen MR) is 93.4 cm³/mol. The number of rotatable bonds is 4. The van der Waals surface area contributed by atoms with Gasteiger partial charge in [-0.3, -0.25) is 4.90 Å². The fourth-order valence-electron chi connectivity index (χ4n) is 4.19. The normalized spacial score (nSPS) is 30.0. The lowest BCUT2D eigenvalue weighted by Crippen LogP contribution is -2.48. The molecule has 5 heteroatoms. The summed E-state index contributed by atoms with van der Waals surface area (Å²) in [5.41, 5.74) is 0. The molecule has 22 heavy (non-hydrogen) atoms. The number of hydrogen-bond acceptors (Lipinski definition) is 3. The average Bonchev–Trinajstić information content (AvgIpc) is 2.94. The van der Waals surface area contributed by atoms with Gasteiger partial charge in [0.2, 0.25) is 0 Å². The molecule has 3 unspecified atom stereocenters. The van der Waals surface area contributed by atoms with Gasteiger partial charge in [-0.25, -0.2) is 4.98 Å². The van der Waals surface area contributed by atoms with Crippen molar-refractivity contribution in [2.75, 3.05) is 26.2 Å². The molecule has 3 atom stereocenters. The monoisotopic (exact) mass is 326 g/mol. The van der Waals surface area contributed by atoms with Crippen LogP contribution < -0.4 is 5.32 Å². The fraction of sp³-hybridized carbons (Fsp3) is 0.824. The lowest BCUT2D eigenvalue weighted by Gasteiger charge is -2.39. The Morgan fingerprint density at radius 2 is 2.14 bits per heavy atom. The van der Waals surface area contributed by atoms with Gasteiger partial charge in [-0.15, -0.1) is 12.4 Å². The van der Waals surface area contributed by atoms with Crippen LogP contribution in [0.4, 0.5) is 0 Å². The molecule has 1 aliphatic heterocycles. The molecule has 0 amide bonds. The largest absolute Gasteiger partial charge is 0.337 e. The molecule has 0 radical (unpaired) electrons. The first-order valence-electron chi connectivity index (χ1n) is 8.70. The van der Waals surface area contributed by atoms with Crippen LogP contribution in [-0.2, 0) is 7.05 Å².